The van der Waals surface area contributed by atoms with Gasteiger partial charge in [0.15, 0.2) is 0 Å². The number of fused-ring (bicyclic) bond motifs is 1. The summed E-state index contributed by atoms with van der Waals surface area (Å²) in [6.45, 7) is 4.00. The fourth-order valence-corrected chi connectivity index (χ4v) is 1.60. The van der Waals surface area contributed by atoms with Crippen LogP contribution < -0.4 is 5.32 Å². The summed E-state index contributed by atoms with van der Waals surface area (Å²) < 4.78 is 0. The maximum Gasteiger partial charge on any atom is 0.143 e. The molecule has 0 aliphatic rings. The van der Waals surface area contributed by atoms with Gasteiger partial charge in [0.05, 0.1) is 0 Å². The quantitative estimate of drug-likeness (QED) is 0.722. The van der Waals surface area contributed by atoms with E-state index in [-0.39, 0.29) is 5.75 Å². The van der Waals surface area contributed by atoms with Crippen molar-refractivity contribution in [3.63, 3.8) is 0 Å². The first-order valence-corrected chi connectivity index (χ1v) is 6.95. The zero-order valence-electron chi connectivity index (χ0n) is 12.9. The molecule has 1 heterocycles. The summed E-state index contributed by atoms with van der Waals surface area (Å²) in [7, 11) is 3.75. The molecule has 2 N–H and O–H groups in total. The first-order chi connectivity index (χ1) is 10.3. The number of para-hydroxylation sites is 2. The van der Waals surface area contributed by atoms with Gasteiger partial charge in [0.25, 0.3) is 0 Å². The van der Waals surface area contributed by atoms with Crippen LogP contribution in [0.25, 0.3) is 16.7 Å². The Bertz CT molecular complexity index is 631. The van der Waals surface area contributed by atoms with Gasteiger partial charge in [-0.2, -0.15) is 0 Å². The molecular weight excluding hydrogens is 264 g/mol. The normalized spacial score (nSPS) is 9.33. The minimum atomic E-state index is 0.169. The second kappa shape index (κ2) is 8.71. The zero-order chi connectivity index (χ0) is 15.7. The Balaban J connectivity index is 0.000000395. The Morgan fingerprint density at radius 3 is 1.76 bits per heavy atom. The van der Waals surface area contributed by atoms with Crippen molar-refractivity contribution in [2.75, 3.05) is 14.1 Å². The molecule has 5 nitrogen and oxygen atoms in total. The molecule has 0 amide bonds. The number of aromatic nitrogens is 3. The summed E-state index contributed by atoms with van der Waals surface area (Å²) in [6.07, 6.45) is 0. The molecule has 0 radical (unpaired) electrons. The van der Waals surface area contributed by atoms with Crippen LogP contribution in [0.2, 0.25) is 0 Å². The van der Waals surface area contributed by atoms with E-state index in [0.29, 0.717) is 5.69 Å². The SMILES string of the molecule is CC.CNC.Oc1ccccc1-n1nc2ccccc2n1. The molecule has 21 heavy (non-hydrogen) atoms. The van der Waals surface area contributed by atoms with Crippen molar-refractivity contribution < 1.29 is 5.11 Å². The van der Waals surface area contributed by atoms with E-state index < -0.39 is 0 Å². The van der Waals surface area contributed by atoms with E-state index in [4.69, 9.17) is 0 Å². The number of nitrogens with zero attached hydrogens (tertiary/aromatic N) is 3. The molecule has 0 saturated heterocycles. The Hall–Kier alpha value is -2.40. The average Bonchev–Trinajstić information content (AvgIpc) is 2.94. The summed E-state index contributed by atoms with van der Waals surface area (Å²) in [4.78, 5) is 1.44. The van der Waals surface area contributed by atoms with E-state index in [1.807, 2.05) is 58.3 Å². The van der Waals surface area contributed by atoms with Crippen LogP contribution in [-0.2, 0) is 0 Å². The van der Waals surface area contributed by atoms with Gasteiger partial charge in [-0.15, -0.1) is 15.0 Å². The van der Waals surface area contributed by atoms with Crippen LogP contribution in [0.4, 0.5) is 0 Å². The highest BCUT2D eigenvalue weighted by atomic mass is 16.3. The summed E-state index contributed by atoms with van der Waals surface area (Å²) in [5.74, 6) is 0.169. The summed E-state index contributed by atoms with van der Waals surface area (Å²) in [5.41, 5.74) is 2.20. The molecule has 5 heteroatoms. The minimum Gasteiger partial charge on any atom is -0.506 e. The van der Waals surface area contributed by atoms with Crippen LogP contribution in [0.15, 0.2) is 48.5 Å². The number of phenolic OH excluding ortho intramolecular Hbond substituents is 1. The summed E-state index contributed by atoms with van der Waals surface area (Å²) >= 11 is 0. The van der Waals surface area contributed by atoms with Gasteiger partial charge in [0.2, 0.25) is 0 Å². The number of phenols is 1. The van der Waals surface area contributed by atoms with Crippen LogP contribution in [0.1, 0.15) is 13.8 Å². The van der Waals surface area contributed by atoms with Gasteiger partial charge in [0, 0.05) is 0 Å². The van der Waals surface area contributed by atoms with Crippen LogP contribution in [0.5, 0.6) is 5.75 Å². The zero-order valence-corrected chi connectivity index (χ0v) is 12.9. The lowest BCUT2D eigenvalue weighted by molar-refractivity contribution is 0.468. The Kier molecular flexibility index (Phi) is 6.91. The van der Waals surface area contributed by atoms with E-state index in [1.165, 1.54) is 4.80 Å². The molecular formula is C16H22N4O. The third-order valence-electron chi connectivity index (χ3n) is 2.38. The molecule has 3 rings (SSSR count). The highest BCUT2D eigenvalue weighted by Gasteiger charge is 2.06. The van der Waals surface area contributed by atoms with Crippen molar-refractivity contribution in [3.05, 3.63) is 48.5 Å². The third kappa shape index (κ3) is 4.29. The highest BCUT2D eigenvalue weighted by Crippen LogP contribution is 2.20. The Morgan fingerprint density at radius 1 is 0.857 bits per heavy atom. The molecule has 3 aromatic rings. The Labute approximate surface area is 125 Å². The number of hydrogen-bond acceptors (Lipinski definition) is 4. The van der Waals surface area contributed by atoms with Gasteiger partial charge in [-0.1, -0.05) is 38.1 Å². The third-order valence-corrected chi connectivity index (χ3v) is 2.38. The predicted octanol–water partition coefficient (Wildman–Crippen LogP) is 2.99. The van der Waals surface area contributed by atoms with Crippen molar-refractivity contribution in [2.45, 2.75) is 13.8 Å². The van der Waals surface area contributed by atoms with E-state index in [2.05, 4.69) is 15.5 Å². The standard InChI is InChI=1S/C12H9N3O.C2H7N.C2H6/c16-12-8-4-3-7-11(12)15-13-9-5-1-2-6-10(9)14-15;1-3-2;1-2/h1-8,16H;3H,1-2H3;1-2H3. The second-order valence-electron chi connectivity index (χ2n) is 3.97. The summed E-state index contributed by atoms with van der Waals surface area (Å²) in [6, 6.07) is 14.6. The lowest BCUT2D eigenvalue weighted by atomic mass is 10.3. The highest BCUT2D eigenvalue weighted by molar-refractivity contribution is 5.73. The molecule has 0 aliphatic heterocycles. The molecule has 0 bridgehead atoms. The van der Waals surface area contributed by atoms with Gasteiger partial charge >= 0.3 is 0 Å². The van der Waals surface area contributed by atoms with E-state index in [9.17, 15) is 5.11 Å². The van der Waals surface area contributed by atoms with Gasteiger partial charge in [-0.3, -0.25) is 0 Å². The Morgan fingerprint density at radius 2 is 1.29 bits per heavy atom. The lowest BCUT2D eigenvalue weighted by Gasteiger charge is -2.00. The first-order valence-electron chi connectivity index (χ1n) is 6.95. The van der Waals surface area contributed by atoms with Crippen molar-refractivity contribution in [2.24, 2.45) is 0 Å². The molecule has 0 saturated carbocycles. The maximum absolute atomic E-state index is 9.69. The molecule has 0 unspecified atom stereocenters. The van der Waals surface area contributed by atoms with Crippen molar-refractivity contribution in [3.8, 4) is 11.4 Å². The number of hydrogen-bond donors (Lipinski definition) is 2. The topological polar surface area (TPSA) is 63.0 Å². The van der Waals surface area contributed by atoms with Crippen molar-refractivity contribution in [1.82, 2.24) is 20.3 Å². The van der Waals surface area contributed by atoms with Gasteiger partial charge in [-0.25, -0.2) is 0 Å². The number of benzene rings is 2. The van der Waals surface area contributed by atoms with E-state index in [0.717, 1.165) is 11.0 Å². The fourth-order valence-electron chi connectivity index (χ4n) is 1.60. The molecule has 2 aromatic carbocycles. The predicted molar refractivity (Wildman–Crippen MR) is 86.9 cm³/mol. The van der Waals surface area contributed by atoms with E-state index in [1.54, 1.807) is 18.2 Å². The second-order valence-corrected chi connectivity index (χ2v) is 3.97. The first kappa shape index (κ1) is 16.7. The largest absolute Gasteiger partial charge is 0.506 e. The molecule has 1 aromatic heterocycles. The lowest BCUT2D eigenvalue weighted by Crippen LogP contribution is -1.98. The van der Waals surface area contributed by atoms with Crippen LogP contribution in [0.3, 0.4) is 0 Å². The maximum atomic E-state index is 9.69. The number of nitrogens with one attached hydrogen (secondary N) is 1. The molecule has 0 fully saturated rings. The van der Waals surface area contributed by atoms with Gasteiger partial charge in [0.1, 0.15) is 22.5 Å². The molecule has 0 spiro atoms. The van der Waals surface area contributed by atoms with Gasteiger partial charge in [-0.05, 0) is 38.4 Å². The van der Waals surface area contributed by atoms with Crippen LogP contribution in [-0.4, -0.2) is 34.2 Å². The summed E-state index contributed by atoms with van der Waals surface area (Å²) in [5, 5.41) is 21.0. The molecule has 0 atom stereocenters. The molecule has 0 aliphatic carbocycles. The van der Waals surface area contributed by atoms with Crippen LogP contribution >= 0.6 is 0 Å². The average molecular weight is 286 g/mol. The van der Waals surface area contributed by atoms with Crippen molar-refractivity contribution >= 4 is 11.0 Å². The number of aromatic hydroxyl groups is 1. The smallest absolute Gasteiger partial charge is 0.143 e. The number of rotatable bonds is 1. The van der Waals surface area contributed by atoms with Crippen LogP contribution in [0, 0.1) is 0 Å². The fraction of sp³-hybridized carbons (Fsp3) is 0.250. The monoisotopic (exact) mass is 286 g/mol. The van der Waals surface area contributed by atoms with Crippen molar-refractivity contribution in [1.29, 1.82) is 0 Å². The van der Waals surface area contributed by atoms with Gasteiger partial charge < -0.3 is 10.4 Å². The minimum absolute atomic E-state index is 0.169. The molecule has 112 valence electrons. The van der Waals surface area contributed by atoms with E-state index >= 15 is 0 Å².